The van der Waals surface area contributed by atoms with Gasteiger partial charge in [0, 0.05) is 16.2 Å². The second-order valence-electron chi connectivity index (χ2n) is 3.21. The molecule has 0 bridgehead atoms. The summed E-state index contributed by atoms with van der Waals surface area (Å²) < 4.78 is 0. The molecule has 1 atom stereocenters. The number of nitro benzene ring substituents is 1. The van der Waals surface area contributed by atoms with Crippen molar-refractivity contribution in [3.63, 3.8) is 0 Å². The Hall–Kier alpha value is -1.40. The minimum atomic E-state index is -0.590. The van der Waals surface area contributed by atoms with Crippen molar-refractivity contribution in [1.29, 1.82) is 0 Å². The van der Waals surface area contributed by atoms with Crippen LogP contribution in [-0.4, -0.2) is 28.2 Å². The van der Waals surface area contributed by atoms with E-state index in [2.05, 4.69) is 0 Å². The van der Waals surface area contributed by atoms with E-state index < -0.39 is 4.92 Å². The fraction of sp³-hybridized carbons (Fsp3) is 0.300. The monoisotopic (exact) mass is 241 g/mol. The number of benzene rings is 1. The van der Waals surface area contributed by atoms with Crippen LogP contribution in [0, 0.1) is 10.1 Å². The standard InChI is InChI=1S/C10H11NO4S/c1-7(5-12)16-9-2-3-10(11(14)15)8(4-9)6-13/h2-4,6-7,12H,5H2,1H3. The van der Waals surface area contributed by atoms with Gasteiger partial charge in [0.1, 0.15) is 0 Å². The largest absolute Gasteiger partial charge is 0.395 e. The normalized spacial score (nSPS) is 12.1. The Kier molecular flexibility index (Phi) is 4.45. The van der Waals surface area contributed by atoms with Gasteiger partial charge in [0.05, 0.1) is 17.1 Å². The lowest BCUT2D eigenvalue weighted by atomic mass is 10.2. The zero-order valence-electron chi connectivity index (χ0n) is 8.62. The summed E-state index contributed by atoms with van der Waals surface area (Å²) in [4.78, 5) is 21.4. The van der Waals surface area contributed by atoms with Crippen LogP contribution in [0.25, 0.3) is 0 Å². The molecule has 0 spiro atoms. The molecule has 0 fully saturated rings. The summed E-state index contributed by atoms with van der Waals surface area (Å²) >= 11 is 1.36. The lowest BCUT2D eigenvalue weighted by Crippen LogP contribution is -2.02. The van der Waals surface area contributed by atoms with Gasteiger partial charge >= 0.3 is 0 Å². The van der Waals surface area contributed by atoms with E-state index in [1.807, 2.05) is 6.92 Å². The Morgan fingerprint density at radius 1 is 1.62 bits per heavy atom. The number of rotatable bonds is 5. The minimum Gasteiger partial charge on any atom is -0.395 e. The molecule has 5 nitrogen and oxygen atoms in total. The molecule has 16 heavy (non-hydrogen) atoms. The Morgan fingerprint density at radius 3 is 2.81 bits per heavy atom. The van der Waals surface area contributed by atoms with Gasteiger partial charge in [0.15, 0.2) is 6.29 Å². The Balaban J connectivity index is 2.99. The number of aldehydes is 1. The van der Waals surface area contributed by atoms with Gasteiger partial charge in [-0.2, -0.15) is 0 Å². The van der Waals surface area contributed by atoms with Crippen LogP contribution >= 0.6 is 11.8 Å². The third-order valence-corrected chi connectivity index (χ3v) is 2.99. The van der Waals surface area contributed by atoms with Gasteiger partial charge in [-0.25, -0.2) is 0 Å². The quantitative estimate of drug-likeness (QED) is 0.368. The van der Waals surface area contributed by atoms with Gasteiger partial charge in [-0.1, -0.05) is 6.92 Å². The number of aliphatic hydroxyl groups is 1. The zero-order chi connectivity index (χ0) is 12.1. The summed E-state index contributed by atoms with van der Waals surface area (Å²) in [5.74, 6) is 0. The van der Waals surface area contributed by atoms with Crippen molar-refractivity contribution in [2.45, 2.75) is 17.1 Å². The molecule has 0 aliphatic heterocycles. The van der Waals surface area contributed by atoms with E-state index in [0.29, 0.717) is 6.29 Å². The lowest BCUT2D eigenvalue weighted by Gasteiger charge is -2.07. The maximum absolute atomic E-state index is 10.7. The van der Waals surface area contributed by atoms with Crippen LogP contribution in [0.2, 0.25) is 0 Å². The molecule has 0 heterocycles. The van der Waals surface area contributed by atoms with Gasteiger partial charge in [-0.05, 0) is 12.1 Å². The number of hydrogen-bond acceptors (Lipinski definition) is 5. The molecule has 0 saturated carbocycles. The first-order valence-electron chi connectivity index (χ1n) is 4.59. The molecule has 1 aromatic carbocycles. The molecule has 0 saturated heterocycles. The average Bonchev–Trinajstić information content (AvgIpc) is 2.28. The zero-order valence-corrected chi connectivity index (χ0v) is 9.44. The molecule has 86 valence electrons. The third-order valence-electron chi connectivity index (χ3n) is 1.92. The predicted molar refractivity (Wildman–Crippen MR) is 60.9 cm³/mol. The molecule has 0 aromatic heterocycles. The van der Waals surface area contributed by atoms with Crippen LogP contribution in [0.5, 0.6) is 0 Å². The fourth-order valence-corrected chi connectivity index (χ4v) is 2.02. The molecular formula is C10H11NO4S. The van der Waals surface area contributed by atoms with Crippen LogP contribution < -0.4 is 0 Å². The van der Waals surface area contributed by atoms with Gasteiger partial charge in [-0.15, -0.1) is 11.8 Å². The van der Waals surface area contributed by atoms with Crippen LogP contribution in [0.3, 0.4) is 0 Å². The second-order valence-corrected chi connectivity index (χ2v) is 4.72. The smallest absolute Gasteiger partial charge is 0.279 e. The molecule has 0 radical (unpaired) electrons. The molecular weight excluding hydrogens is 230 g/mol. The highest BCUT2D eigenvalue weighted by Crippen LogP contribution is 2.27. The molecule has 6 heteroatoms. The van der Waals surface area contributed by atoms with E-state index in [4.69, 9.17) is 5.11 Å². The van der Waals surface area contributed by atoms with Crippen LogP contribution in [-0.2, 0) is 0 Å². The molecule has 0 aliphatic rings. The number of aliphatic hydroxyl groups excluding tert-OH is 1. The first-order chi connectivity index (χ1) is 7.58. The number of thioether (sulfide) groups is 1. The second kappa shape index (κ2) is 5.62. The molecule has 1 rings (SSSR count). The van der Waals surface area contributed by atoms with Gasteiger partial charge in [0.2, 0.25) is 0 Å². The summed E-state index contributed by atoms with van der Waals surface area (Å²) in [7, 11) is 0. The van der Waals surface area contributed by atoms with Gasteiger partial charge in [0.25, 0.3) is 5.69 Å². The van der Waals surface area contributed by atoms with Crippen molar-refractivity contribution < 1.29 is 14.8 Å². The van der Waals surface area contributed by atoms with E-state index in [1.165, 1.54) is 23.9 Å². The summed E-state index contributed by atoms with van der Waals surface area (Å²) in [6.45, 7) is 1.84. The highest BCUT2D eigenvalue weighted by Gasteiger charge is 2.14. The average molecular weight is 241 g/mol. The van der Waals surface area contributed by atoms with Crippen molar-refractivity contribution in [3.8, 4) is 0 Å². The number of carbonyl (C=O) groups is 1. The van der Waals surface area contributed by atoms with Crippen molar-refractivity contribution in [1.82, 2.24) is 0 Å². The first-order valence-corrected chi connectivity index (χ1v) is 5.47. The molecule has 0 aliphatic carbocycles. The molecule has 1 N–H and O–H groups in total. The Bertz CT molecular complexity index is 408. The van der Waals surface area contributed by atoms with E-state index in [0.717, 1.165) is 4.90 Å². The number of nitrogens with zero attached hydrogens (tertiary/aromatic N) is 1. The van der Waals surface area contributed by atoms with E-state index in [9.17, 15) is 14.9 Å². The fourth-order valence-electron chi connectivity index (χ4n) is 1.14. The summed E-state index contributed by atoms with van der Waals surface area (Å²) in [5, 5.41) is 19.4. The Morgan fingerprint density at radius 2 is 2.31 bits per heavy atom. The van der Waals surface area contributed by atoms with Crippen molar-refractivity contribution in [2.75, 3.05) is 6.61 Å². The van der Waals surface area contributed by atoms with Crippen molar-refractivity contribution in [3.05, 3.63) is 33.9 Å². The minimum absolute atomic E-state index is 0.0120. The summed E-state index contributed by atoms with van der Waals surface area (Å²) in [6, 6.07) is 4.33. The van der Waals surface area contributed by atoms with Gasteiger partial charge in [-0.3, -0.25) is 14.9 Å². The lowest BCUT2D eigenvalue weighted by molar-refractivity contribution is -0.385. The highest BCUT2D eigenvalue weighted by molar-refractivity contribution is 8.00. The molecule has 1 unspecified atom stereocenters. The summed E-state index contributed by atoms with van der Waals surface area (Å²) in [6.07, 6.45) is 0.464. The topological polar surface area (TPSA) is 80.4 Å². The number of nitro groups is 1. The van der Waals surface area contributed by atoms with Crippen molar-refractivity contribution in [2.24, 2.45) is 0 Å². The maximum atomic E-state index is 10.7. The maximum Gasteiger partial charge on any atom is 0.279 e. The number of hydrogen-bond donors (Lipinski definition) is 1. The van der Waals surface area contributed by atoms with Gasteiger partial charge < -0.3 is 5.11 Å². The molecule has 1 aromatic rings. The number of carbonyl (C=O) groups excluding carboxylic acids is 1. The SMILES string of the molecule is CC(CO)Sc1ccc([N+](=O)[O-])c(C=O)c1. The van der Waals surface area contributed by atoms with Crippen LogP contribution in [0.4, 0.5) is 5.69 Å². The Labute approximate surface area is 96.6 Å². The van der Waals surface area contributed by atoms with E-state index >= 15 is 0 Å². The van der Waals surface area contributed by atoms with Crippen LogP contribution in [0.1, 0.15) is 17.3 Å². The highest BCUT2D eigenvalue weighted by atomic mass is 32.2. The van der Waals surface area contributed by atoms with Crippen molar-refractivity contribution >= 4 is 23.7 Å². The first kappa shape index (κ1) is 12.7. The molecule has 0 amide bonds. The van der Waals surface area contributed by atoms with E-state index in [-0.39, 0.29) is 23.1 Å². The summed E-state index contributed by atoms with van der Waals surface area (Å²) in [5.41, 5.74) is -0.142. The third kappa shape index (κ3) is 3.04. The van der Waals surface area contributed by atoms with Crippen LogP contribution in [0.15, 0.2) is 23.1 Å². The predicted octanol–water partition coefficient (Wildman–Crippen LogP) is 1.88. The van der Waals surface area contributed by atoms with E-state index in [1.54, 1.807) is 6.07 Å².